The maximum Gasteiger partial charge on any atom is 0.249 e. The summed E-state index contributed by atoms with van der Waals surface area (Å²) >= 11 is 0. The molecule has 0 aliphatic carbocycles. The third-order valence-electron chi connectivity index (χ3n) is 4.74. The van der Waals surface area contributed by atoms with Crippen molar-refractivity contribution in [2.45, 2.75) is 51.7 Å². The van der Waals surface area contributed by atoms with Gasteiger partial charge in [0, 0.05) is 12.1 Å². The molecule has 2 unspecified atom stereocenters. The third kappa shape index (κ3) is 4.07. The van der Waals surface area contributed by atoms with Gasteiger partial charge in [-0.15, -0.1) is 0 Å². The van der Waals surface area contributed by atoms with Gasteiger partial charge >= 0.3 is 0 Å². The SMILES string of the molecule is CC(C)C(O)CC(=O)N1CCCCC1c1nc(-c2ccccc2)no1. The van der Waals surface area contributed by atoms with E-state index in [2.05, 4.69) is 10.1 Å². The van der Waals surface area contributed by atoms with Crippen molar-refractivity contribution in [1.82, 2.24) is 15.0 Å². The number of hydrogen-bond acceptors (Lipinski definition) is 5. The number of likely N-dealkylation sites (tertiary alicyclic amines) is 1. The van der Waals surface area contributed by atoms with Crippen molar-refractivity contribution in [3.8, 4) is 11.4 Å². The second-order valence-electron chi connectivity index (χ2n) is 6.94. The molecule has 1 aromatic heterocycles. The van der Waals surface area contributed by atoms with E-state index in [1.165, 1.54) is 0 Å². The van der Waals surface area contributed by atoms with Crippen molar-refractivity contribution in [1.29, 1.82) is 0 Å². The summed E-state index contributed by atoms with van der Waals surface area (Å²) in [6.45, 7) is 4.49. The molecule has 0 spiro atoms. The van der Waals surface area contributed by atoms with Crippen LogP contribution >= 0.6 is 0 Å². The Kier molecular flexibility index (Phi) is 5.48. The summed E-state index contributed by atoms with van der Waals surface area (Å²) in [5, 5.41) is 14.1. The smallest absolute Gasteiger partial charge is 0.249 e. The van der Waals surface area contributed by atoms with Gasteiger partial charge in [-0.25, -0.2) is 0 Å². The summed E-state index contributed by atoms with van der Waals surface area (Å²) in [5.74, 6) is 1.02. The number of hydrogen-bond donors (Lipinski definition) is 1. The highest BCUT2D eigenvalue weighted by Gasteiger charge is 2.33. The summed E-state index contributed by atoms with van der Waals surface area (Å²) in [5.41, 5.74) is 0.890. The highest BCUT2D eigenvalue weighted by molar-refractivity contribution is 5.77. The van der Waals surface area contributed by atoms with Crippen LogP contribution in [0.1, 0.15) is 51.5 Å². The van der Waals surface area contributed by atoms with E-state index in [1.54, 1.807) is 4.90 Å². The van der Waals surface area contributed by atoms with Gasteiger partial charge in [-0.3, -0.25) is 4.79 Å². The lowest BCUT2D eigenvalue weighted by atomic mass is 9.99. The first kappa shape index (κ1) is 17.6. The molecule has 0 saturated carbocycles. The van der Waals surface area contributed by atoms with Gasteiger partial charge in [0.25, 0.3) is 0 Å². The molecule has 25 heavy (non-hydrogen) atoms. The van der Waals surface area contributed by atoms with Gasteiger partial charge in [-0.05, 0) is 25.2 Å². The highest BCUT2D eigenvalue weighted by Crippen LogP contribution is 2.32. The van der Waals surface area contributed by atoms with Crippen LogP contribution in [0.15, 0.2) is 34.9 Å². The molecule has 3 rings (SSSR count). The number of rotatable bonds is 5. The molecule has 0 radical (unpaired) electrons. The summed E-state index contributed by atoms with van der Waals surface area (Å²) in [7, 11) is 0. The van der Waals surface area contributed by atoms with Gasteiger partial charge in [0.05, 0.1) is 12.5 Å². The number of piperidine rings is 1. The zero-order valence-corrected chi connectivity index (χ0v) is 14.8. The van der Waals surface area contributed by atoms with Crippen molar-refractivity contribution in [3.05, 3.63) is 36.2 Å². The topological polar surface area (TPSA) is 79.5 Å². The zero-order valence-electron chi connectivity index (χ0n) is 14.8. The molecule has 1 aliphatic heterocycles. The van der Waals surface area contributed by atoms with E-state index < -0.39 is 6.10 Å². The molecule has 2 aromatic rings. The van der Waals surface area contributed by atoms with E-state index in [4.69, 9.17) is 4.52 Å². The van der Waals surface area contributed by atoms with Crippen LogP contribution in [0.2, 0.25) is 0 Å². The Hall–Kier alpha value is -2.21. The van der Waals surface area contributed by atoms with E-state index in [-0.39, 0.29) is 24.3 Å². The molecule has 6 nitrogen and oxygen atoms in total. The molecular formula is C19H25N3O3. The number of nitrogens with zero attached hydrogens (tertiary/aromatic N) is 3. The van der Waals surface area contributed by atoms with Gasteiger partial charge in [0.2, 0.25) is 17.6 Å². The van der Waals surface area contributed by atoms with Crippen LogP contribution in [-0.2, 0) is 4.79 Å². The number of aliphatic hydroxyl groups excluding tert-OH is 1. The molecule has 1 fully saturated rings. The molecule has 1 saturated heterocycles. The van der Waals surface area contributed by atoms with Crippen molar-refractivity contribution < 1.29 is 14.4 Å². The summed E-state index contributed by atoms with van der Waals surface area (Å²) in [4.78, 5) is 19.0. The van der Waals surface area contributed by atoms with E-state index in [0.717, 1.165) is 24.8 Å². The third-order valence-corrected chi connectivity index (χ3v) is 4.74. The van der Waals surface area contributed by atoms with Crippen molar-refractivity contribution in [2.24, 2.45) is 5.92 Å². The van der Waals surface area contributed by atoms with Crippen LogP contribution in [0, 0.1) is 5.92 Å². The normalized spacial score (nSPS) is 19.2. The molecule has 1 N–H and O–H groups in total. The van der Waals surface area contributed by atoms with Crippen LogP contribution < -0.4 is 0 Å². The molecule has 2 heterocycles. The fourth-order valence-electron chi connectivity index (χ4n) is 3.09. The Balaban J connectivity index is 1.77. The van der Waals surface area contributed by atoms with Crippen molar-refractivity contribution in [3.63, 3.8) is 0 Å². The molecule has 0 bridgehead atoms. The number of aromatic nitrogens is 2. The molecule has 1 aromatic carbocycles. The van der Waals surface area contributed by atoms with E-state index in [0.29, 0.717) is 18.3 Å². The van der Waals surface area contributed by atoms with E-state index in [1.807, 2.05) is 44.2 Å². The lowest BCUT2D eigenvalue weighted by Gasteiger charge is -2.34. The minimum atomic E-state index is -0.627. The monoisotopic (exact) mass is 343 g/mol. The number of amides is 1. The van der Waals surface area contributed by atoms with Crippen LogP contribution in [0.25, 0.3) is 11.4 Å². The molecule has 1 amide bonds. The number of aliphatic hydroxyl groups is 1. The second kappa shape index (κ2) is 7.78. The Morgan fingerprint density at radius 1 is 1.32 bits per heavy atom. The van der Waals surface area contributed by atoms with Crippen molar-refractivity contribution >= 4 is 5.91 Å². The molecular weight excluding hydrogens is 318 g/mol. The average molecular weight is 343 g/mol. The first-order valence-electron chi connectivity index (χ1n) is 8.93. The molecule has 1 aliphatic rings. The van der Waals surface area contributed by atoms with Gasteiger partial charge < -0.3 is 14.5 Å². The first-order valence-corrected chi connectivity index (χ1v) is 8.93. The van der Waals surface area contributed by atoms with Crippen LogP contribution in [0.3, 0.4) is 0 Å². The molecule has 134 valence electrons. The summed E-state index contributed by atoms with van der Waals surface area (Å²) in [6, 6.07) is 9.44. The van der Waals surface area contributed by atoms with Gasteiger partial charge in [-0.1, -0.05) is 49.3 Å². The number of carbonyl (C=O) groups excluding carboxylic acids is 1. The van der Waals surface area contributed by atoms with Gasteiger partial charge in [0.1, 0.15) is 6.04 Å². The fraction of sp³-hybridized carbons (Fsp3) is 0.526. The fourth-order valence-corrected chi connectivity index (χ4v) is 3.09. The summed E-state index contributed by atoms with van der Waals surface area (Å²) < 4.78 is 5.47. The first-order chi connectivity index (χ1) is 12.1. The molecule has 6 heteroatoms. The lowest BCUT2D eigenvalue weighted by Crippen LogP contribution is -2.40. The summed E-state index contributed by atoms with van der Waals surface area (Å²) in [6.07, 6.45) is 2.29. The predicted molar refractivity (Wildman–Crippen MR) is 93.5 cm³/mol. The number of benzene rings is 1. The van der Waals surface area contributed by atoms with E-state index >= 15 is 0 Å². The van der Waals surface area contributed by atoms with Crippen LogP contribution in [-0.4, -0.2) is 38.7 Å². The van der Waals surface area contributed by atoms with Gasteiger partial charge in [0.15, 0.2) is 0 Å². The minimum Gasteiger partial charge on any atom is -0.392 e. The Bertz CT molecular complexity index is 699. The number of carbonyl (C=O) groups is 1. The van der Waals surface area contributed by atoms with Crippen molar-refractivity contribution in [2.75, 3.05) is 6.54 Å². The Morgan fingerprint density at radius 3 is 2.80 bits per heavy atom. The van der Waals surface area contributed by atoms with Crippen LogP contribution in [0.5, 0.6) is 0 Å². The molecule has 2 atom stereocenters. The van der Waals surface area contributed by atoms with Crippen LogP contribution in [0.4, 0.5) is 0 Å². The largest absolute Gasteiger partial charge is 0.392 e. The predicted octanol–water partition coefficient (Wildman–Crippen LogP) is 3.20. The van der Waals surface area contributed by atoms with Gasteiger partial charge in [-0.2, -0.15) is 4.98 Å². The maximum atomic E-state index is 12.6. The van der Waals surface area contributed by atoms with E-state index in [9.17, 15) is 9.90 Å². The standard InChI is InChI=1S/C19H25N3O3/c1-13(2)16(23)12-17(24)22-11-7-6-10-15(22)19-20-18(21-25-19)14-8-4-3-5-9-14/h3-5,8-9,13,15-16,23H,6-7,10-12H2,1-2H3. The Labute approximate surface area is 147 Å². The lowest BCUT2D eigenvalue weighted by molar-refractivity contribution is -0.138. The quantitative estimate of drug-likeness (QED) is 0.902. The highest BCUT2D eigenvalue weighted by atomic mass is 16.5. The minimum absolute atomic E-state index is 0.0506. The average Bonchev–Trinajstić information content (AvgIpc) is 3.12. The second-order valence-corrected chi connectivity index (χ2v) is 6.94. The maximum absolute atomic E-state index is 12.6. The Morgan fingerprint density at radius 2 is 2.08 bits per heavy atom. The zero-order chi connectivity index (χ0) is 17.8.